The summed E-state index contributed by atoms with van der Waals surface area (Å²) in [7, 11) is 1.56. The van der Waals surface area contributed by atoms with Crippen molar-refractivity contribution in [2.24, 2.45) is 0 Å². The molecule has 0 unspecified atom stereocenters. The molecule has 8 nitrogen and oxygen atoms in total. The number of hydrogen-bond donors (Lipinski definition) is 2. The van der Waals surface area contributed by atoms with Gasteiger partial charge < -0.3 is 15.3 Å². The molecule has 0 fully saturated rings. The number of nitro groups is 1. The summed E-state index contributed by atoms with van der Waals surface area (Å²) in [6, 6.07) is 5.65. The molecule has 1 aromatic carbocycles. The first-order valence-corrected chi connectivity index (χ1v) is 6.34. The molecule has 0 atom stereocenters. The number of amides is 2. The van der Waals surface area contributed by atoms with Crippen LogP contribution in [0.3, 0.4) is 0 Å². The van der Waals surface area contributed by atoms with E-state index in [-0.39, 0.29) is 24.7 Å². The molecule has 2 N–H and O–H groups in total. The van der Waals surface area contributed by atoms with Crippen molar-refractivity contribution in [1.29, 1.82) is 0 Å². The van der Waals surface area contributed by atoms with Crippen molar-refractivity contribution in [2.45, 2.75) is 19.4 Å². The number of nitrogens with one attached hydrogen (secondary N) is 1. The third-order valence-electron chi connectivity index (χ3n) is 2.80. The molecule has 8 heteroatoms. The van der Waals surface area contributed by atoms with Crippen LogP contribution in [0.5, 0.6) is 0 Å². The smallest absolute Gasteiger partial charge is 0.317 e. The van der Waals surface area contributed by atoms with E-state index in [1.165, 1.54) is 17.0 Å². The van der Waals surface area contributed by atoms with Crippen LogP contribution in [0.2, 0.25) is 0 Å². The quantitative estimate of drug-likeness (QED) is 0.586. The van der Waals surface area contributed by atoms with E-state index in [0.29, 0.717) is 18.5 Å². The lowest BCUT2D eigenvalue weighted by Crippen LogP contribution is -2.37. The number of urea groups is 1. The Labute approximate surface area is 121 Å². The van der Waals surface area contributed by atoms with Crippen LogP contribution in [0.1, 0.15) is 18.4 Å². The molecule has 0 aromatic heterocycles. The second-order valence-corrected chi connectivity index (χ2v) is 4.50. The van der Waals surface area contributed by atoms with Crippen molar-refractivity contribution in [3.8, 4) is 0 Å². The SMILES string of the molecule is CN(CCCC(=O)O)C(=O)NCc1cccc([N+](=O)[O-])c1. The zero-order valence-electron chi connectivity index (χ0n) is 11.6. The normalized spacial score (nSPS) is 9.95. The number of carbonyl (C=O) groups is 2. The number of non-ortho nitro benzene ring substituents is 1. The molecule has 0 aliphatic heterocycles. The number of carboxylic acids is 1. The third-order valence-corrected chi connectivity index (χ3v) is 2.80. The number of carboxylic acid groups (broad SMARTS) is 1. The van der Waals surface area contributed by atoms with Crippen LogP contribution in [0.4, 0.5) is 10.5 Å². The highest BCUT2D eigenvalue weighted by atomic mass is 16.6. The molecular weight excluding hydrogens is 278 g/mol. The molecule has 0 saturated heterocycles. The fourth-order valence-corrected chi connectivity index (χ4v) is 1.66. The third kappa shape index (κ3) is 5.89. The van der Waals surface area contributed by atoms with Gasteiger partial charge in [-0.05, 0) is 12.0 Å². The first-order chi connectivity index (χ1) is 9.90. The Hall–Kier alpha value is -2.64. The van der Waals surface area contributed by atoms with Gasteiger partial charge in [-0.3, -0.25) is 14.9 Å². The number of nitro benzene ring substituents is 1. The Bertz CT molecular complexity index is 532. The van der Waals surface area contributed by atoms with Crippen LogP contribution in [0.15, 0.2) is 24.3 Å². The van der Waals surface area contributed by atoms with E-state index in [1.807, 2.05) is 0 Å². The Balaban J connectivity index is 2.43. The zero-order chi connectivity index (χ0) is 15.8. The van der Waals surface area contributed by atoms with Crippen molar-refractivity contribution in [2.75, 3.05) is 13.6 Å². The molecule has 1 aromatic rings. The van der Waals surface area contributed by atoms with E-state index in [2.05, 4.69) is 5.32 Å². The van der Waals surface area contributed by atoms with Crippen molar-refractivity contribution in [3.05, 3.63) is 39.9 Å². The number of nitrogens with zero attached hydrogens (tertiary/aromatic N) is 2. The van der Waals surface area contributed by atoms with Gasteiger partial charge in [-0.25, -0.2) is 4.79 Å². The Kier molecular flexibility index (Phi) is 6.12. The summed E-state index contributed by atoms with van der Waals surface area (Å²) in [5.74, 6) is -0.902. The van der Waals surface area contributed by atoms with Gasteiger partial charge >= 0.3 is 12.0 Å². The summed E-state index contributed by atoms with van der Waals surface area (Å²) in [6.45, 7) is 0.497. The topological polar surface area (TPSA) is 113 Å². The second-order valence-electron chi connectivity index (χ2n) is 4.50. The fraction of sp³-hybridized carbons (Fsp3) is 0.385. The van der Waals surface area contributed by atoms with Gasteiger partial charge in [0, 0.05) is 38.7 Å². The van der Waals surface area contributed by atoms with Gasteiger partial charge in [-0.1, -0.05) is 12.1 Å². The average molecular weight is 295 g/mol. The Morgan fingerprint density at radius 2 is 2.14 bits per heavy atom. The molecule has 0 heterocycles. The van der Waals surface area contributed by atoms with Crippen LogP contribution >= 0.6 is 0 Å². The molecule has 0 saturated carbocycles. The van der Waals surface area contributed by atoms with Crippen molar-refractivity contribution in [1.82, 2.24) is 10.2 Å². The summed E-state index contributed by atoms with van der Waals surface area (Å²) >= 11 is 0. The van der Waals surface area contributed by atoms with Gasteiger partial charge in [0.2, 0.25) is 0 Å². The lowest BCUT2D eigenvalue weighted by atomic mass is 10.2. The largest absolute Gasteiger partial charge is 0.481 e. The number of carbonyl (C=O) groups excluding carboxylic acids is 1. The van der Waals surface area contributed by atoms with Gasteiger partial charge in [0.25, 0.3) is 5.69 Å². The van der Waals surface area contributed by atoms with Crippen molar-refractivity contribution >= 4 is 17.7 Å². The zero-order valence-corrected chi connectivity index (χ0v) is 11.6. The van der Waals surface area contributed by atoms with Gasteiger partial charge in [0.05, 0.1) is 4.92 Å². The highest BCUT2D eigenvalue weighted by Crippen LogP contribution is 2.12. The average Bonchev–Trinajstić information content (AvgIpc) is 2.44. The first kappa shape index (κ1) is 16.4. The minimum Gasteiger partial charge on any atom is -0.481 e. The number of benzene rings is 1. The Morgan fingerprint density at radius 1 is 1.43 bits per heavy atom. The number of aliphatic carboxylic acids is 1. The van der Waals surface area contributed by atoms with Gasteiger partial charge in [-0.2, -0.15) is 0 Å². The molecule has 0 aliphatic rings. The molecule has 21 heavy (non-hydrogen) atoms. The van der Waals surface area contributed by atoms with E-state index >= 15 is 0 Å². The van der Waals surface area contributed by atoms with Crippen LogP contribution in [0, 0.1) is 10.1 Å². The lowest BCUT2D eigenvalue weighted by Gasteiger charge is -2.17. The summed E-state index contributed by atoms with van der Waals surface area (Å²) in [5.41, 5.74) is 0.591. The summed E-state index contributed by atoms with van der Waals surface area (Å²) < 4.78 is 0. The lowest BCUT2D eigenvalue weighted by molar-refractivity contribution is -0.384. The monoisotopic (exact) mass is 295 g/mol. The molecule has 0 radical (unpaired) electrons. The minimum atomic E-state index is -0.902. The second kappa shape index (κ2) is 7.83. The standard InChI is InChI=1S/C13H17N3O5/c1-15(7-3-6-12(17)18)13(19)14-9-10-4-2-5-11(8-10)16(20)21/h2,4-5,8H,3,6-7,9H2,1H3,(H,14,19)(H,17,18). The maximum absolute atomic E-state index is 11.7. The molecule has 114 valence electrons. The highest BCUT2D eigenvalue weighted by Gasteiger charge is 2.10. The molecular formula is C13H17N3O5. The molecule has 0 aliphatic carbocycles. The van der Waals surface area contributed by atoms with Crippen LogP contribution in [-0.2, 0) is 11.3 Å². The molecule has 2 amide bonds. The van der Waals surface area contributed by atoms with Crippen molar-refractivity contribution < 1.29 is 19.6 Å². The maximum Gasteiger partial charge on any atom is 0.317 e. The van der Waals surface area contributed by atoms with E-state index in [4.69, 9.17) is 5.11 Å². The van der Waals surface area contributed by atoms with E-state index < -0.39 is 10.9 Å². The Morgan fingerprint density at radius 3 is 2.76 bits per heavy atom. The summed E-state index contributed by atoms with van der Waals surface area (Å²) in [6.07, 6.45) is 0.374. The minimum absolute atomic E-state index is 0.00248. The predicted molar refractivity (Wildman–Crippen MR) is 74.8 cm³/mol. The maximum atomic E-state index is 11.7. The van der Waals surface area contributed by atoms with Crippen LogP contribution < -0.4 is 5.32 Å². The van der Waals surface area contributed by atoms with Crippen LogP contribution in [0.25, 0.3) is 0 Å². The van der Waals surface area contributed by atoms with Crippen molar-refractivity contribution in [3.63, 3.8) is 0 Å². The highest BCUT2D eigenvalue weighted by molar-refractivity contribution is 5.74. The molecule has 0 spiro atoms. The number of hydrogen-bond acceptors (Lipinski definition) is 4. The van der Waals surface area contributed by atoms with E-state index in [9.17, 15) is 19.7 Å². The molecule has 1 rings (SSSR count). The van der Waals surface area contributed by atoms with Gasteiger partial charge in [0.1, 0.15) is 0 Å². The number of rotatable bonds is 7. The fourth-order valence-electron chi connectivity index (χ4n) is 1.66. The van der Waals surface area contributed by atoms with E-state index in [0.717, 1.165) is 0 Å². The van der Waals surface area contributed by atoms with Gasteiger partial charge in [0.15, 0.2) is 0 Å². The van der Waals surface area contributed by atoms with E-state index in [1.54, 1.807) is 19.2 Å². The van der Waals surface area contributed by atoms with Gasteiger partial charge in [-0.15, -0.1) is 0 Å². The summed E-state index contributed by atoms with van der Waals surface area (Å²) in [4.78, 5) is 33.6. The predicted octanol–water partition coefficient (Wildman–Crippen LogP) is 1.60. The molecule has 0 bridgehead atoms. The summed E-state index contributed by atoms with van der Waals surface area (Å²) in [5, 5.41) is 21.8. The van der Waals surface area contributed by atoms with Crippen LogP contribution in [-0.4, -0.2) is 40.5 Å². The first-order valence-electron chi connectivity index (χ1n) is 6.34.